The minimum atomic E-state index is 0.0296. The van der Waals surface area contributed by atoms with Crippen LogP contribution in [-0.2, 0) is 17.9 Å². The van der Waals surface area contributed by atoms with E-state index in [0.717, 1.165) is 60.8 Å². The van der Waals surface area contributed by atoms with Crippen molar-refractivity contribution in [2.75, 3.05) is 20.2 Å². The summed E-state index contributed by atoms with van der Waals surface area (Å²) in [6.45, 7) is 4.84. The number of oxazole rings is 1. The van der Waals surface area contributed by atoms with Crippen LogP contribution in [0.4, 0.5) is 0 Å². The number of ether oxygens (including phenoxy) is 1. The van der Waals surface area contributed by atoms with Crippen LogP contribution in [-0.4, -0.2) is 36.0 Å². The Bertz CT molecular complexity index is 1060. The van der Waals surface area contributed by atoms with Gasteiger partial charge in [-0.15, -0.1) is 0 Å². The highest BCUT2D eigenvalue weighted by molar-refractivity contribution is 6.31. The average Bonchev–Trinajstić information content (AvgIpc) is 3.19. The van der Waals surface area contributed by atoms with E-state index in [-0.39, 0.29) is 11.8 Å². The monoisotopic (exact) mass is 453 g/mol. The molecule has 1 saturated heterocycles. The van der Waals surface area contributed by atoms with E-state index in [4.69, 9.17) is 25.7 Å². The third-order valence-corrected chi connectivity index (χ3v) is 6.34. The van der Waals surface area contributed by atoms with Crippen molar-refractivity contribution in [3.63, 3.8) is 0 Å². The molecule has 1 aliphatic rings. The van der Waals surface area contributed by atoms with Crippen molar-refractivity contribution in [2.45, 2.75) is 32.9 Å². The molecule has 2 heterocycles. The van der Waals surface area contributed by atoms with Crippen molar-refractivity contribution in [1.82, 2.24) is 15.2 Å². The molecule has 2 aromatic carbocycles. The third kappa shape index (κ3) is 5.31. The second kappa shape index (κ2) is 10.2. The predicted molar refractivity (Wildman–Crippen MR) is 125 cm³/mol. The van der Waals surface area contributed by atoms with Gasteiger partial charge in [-0.2, -0.15) is 0 Å². The van der Waals surface area contributed by atoms with Gasteiger partial charge in [0, 0.05) is 29.6 Å². The van der Waals surface area contributed by atoms with E-state index in [0.29, 0.717) is 17.5 Å². The minimum Gasteiger partial charge on any atom is -0.497 e. The Labute approximate surface area is 193 Å². The number of halogens is 1. The number of benzene rings is 2. The number of nitrogens with one attached hydrogen (secondary N) is 1. The van der Waals surface area contributed by atoms with Crippen LogP contribution in [0.25, 0.3) is 11.5 Å². The largest absolute Gasteiger partial charge is 0.497 e. The molecule has 6 nitrogen and oxygen atoms in total. The van der Waals surface area contributed by atoms with Gasteiger partial charge in [-0.1, -0.05) is 29.8 Å². The normalized spacial score (nSPS) is 15.0. The lowest BCUT2D eigenvalue weighted by Crippen LogP contribution is -2.40. The molecule has 0 saturated carbocycles. The van der Waals surface area contributed by atoms with Gasteiger partial charge in [0.15, 0.2) is 0 Å². The summed E-state index contributed by atoms with van der Waals surface area (Å²) in [4.78, 5) is 19.6. The maximum absolute atomic E-state index is 12.6. The summed E-state index contributed by atoms with van der Waals surface area (Å²) in [5.41, 5.74) is 2.81. The van der Waals surface area contributed by atoms with Crippen LogP contribution < -0.4 is 10.1 Å². The molecule has 3 aromatic rings. The van der Waals surface area contributed by atoms with E-state index in [1.54, 1.807) is 7.11 Å². The number of hydrogen-bond acceptors (Lipinski definition) is 5. The van der Waals surface area contributed by atoms with E-state index in [2.05, 4.69) is 10.2 Å². The molecule has 0 unspecified atom stereocenters. The Hall–Kier alpha value is -2.83. The molecule has 32 heavy (non-hydrogen) atoms. The van der Waals surface area contributed by atoms with Crippen LogP contribution in [0.2, 0.25) is 5.02 Å². The fourth-order valence-corrected chi connectivity index (χ4v) is 4.17. The van der Waals surface area contributed by atoms with Gasteiger partial charge in [0.2, 0.25) is 11.8 Å². The van der Waals surface area contributed by atoms with Crippen molar-refractivity contribution in [3.05, 3.63) is 70.6 Å². The summed E-state index contributed by atoms with van der Waals surface area (Å²) >= 11 is 6.18. The second-order valence-corrected chi connectivity index (χ2v) is 8.52. The summed E-state index contributed by atoms with van der Waals surface area (Å²) in [7, 11) is 1.65. The molecule has 0 radical (unpaired) electrons. The minimum absolute atomic E-state index is 0.0296. The van der Waals surface area contributed by atoms with Crippen molar-refractivity contribution in [2.24, 2.45) is 5.92 Å². The molecule has 7 heteroatoms. The Morgan fingerprint density at radius 1 is 1.19 bits per heavy atom. The maximum Gasteiger partial charge on any atom is 0.226 e. The van der Waals surface area contributed by atoms with Gasteiger partial charge in [0.25, 0.3) is 0 Å². The smallest absolute Gasteiger partial charge is 0.226 e. The lowest BCUT2D eigenvalue weighted by Gasteiger charge is -2.30. The molecular formula is C25H28ClN3O3. The molecule has 0 bridgehead atoms. The zero-order valence-electron chi connectivity index (χ0n) is 18.4. The molecule has 0 spiro atoms. The van der Waals surface area contributed by atoms with Crippen LogP contribution in [0.15, 0.2) is 52.9 Å². The van der Waals surface area contributed by atoms with E-state index < -0.39 is 0 Å². The summed E-state index contributed by atoms with van der Waals surface area (Å²) in [6.07, 6.45) is 1.66. The molecule has 168 valence electrons. The first-order valence-corrected chi connectivity index (χ1v) is 11.3. The zero-order valence-corrected chi connectivity index (χ0v) is 19.2. The molecule has 1 N–H and O–H groups in total. The Balaban J connectivity index is 1.29. The van der Waals surface area contributed by atoms with Gasteiger partial charge in [-0.05, 0) is 68.8 Å². The van der Waals surface area contributed by atoms with Crippen LogP contribution in [0.3, 0.4) is 0 Å². The average molecular weight is 454 g/mol. The van der Waals surface area contributed by atoms with Gasteiger partial charge < -0.3 is 14.5 Å². The number of carbonyl (C=O) groups is 1. The van der Waals surface area contributed by atoms with E-state index in [1.807, 2.05) is 55.5 Å². The number of piperidine rings is 1. The summed E-state index contributed by atoms with van der Waals surface area (Å²) < 4.78 is 11.1. The molecule has 0 atom stereocenters. The van der Waals surface area contributed by atoms with Gasteiger partial charge in [0.05, 0.1) is 12.8 Å². The van der Waals surface area contributed by atoms with Gasteiger partial charge in [-0.25, -0.2) is 4.98 Å². The van der Waals surface area contributed by atoms with E-state index >= 15 is 0 Å². The molecular weight excluding hydrogens is 426 g/mol. The molecule has 1 aromatic heterocycles. The highest BCUT2D eigenvalue weighted by atomic mass is 35.5. The van der Waals surface area contributed by atoms with Crippen LogP contribution in [0.5, 0.6) is 5.75 Å². The van der Waals surface area contributed by atoms with Gasteiger partial charge in [0.1, 0.15) is 11.5 Å². The quantitative estimate of drug-likeness (QED) is 0.554. The van der Waals surface area contributed by atoms with Crippen molar-refractivity contribution >= 4 is 17.5 Å². The topological polar surface area (TPSA) is 67.6 Å². The van der Waals surface area contributed by atoms with Crippen molar-refractivity contribution in [3.8, 4) is 17.2 Å². The summed E-state index contributed by atoms with van der Waals surface area (Å²) in [6, 6.07) is 15.3. The van der Waals surface area contributed by atoms with Crippen molar-refractivity contribution < 1.29 is 13.9 Å². The molecule has 1 fully saturated rings. The Morgan fingerprint density at radius 2 is 1.91 bits per heavy atom. The number of aryl methyl sites for hydroxylation is 1. The van der Waals surface area contributed by atoms with E-state index in [1.165, 1.54) is 0 Å². The standard InChI is InChI=1S/C25H28ClN3O3/c1-17-23(28-25(32-17)19-7-9-21(31-2)10-8-19)16-29-13-11-18(12-14-29)24(30)27-15-20-5-3-4-6-22(20)26/h3-10,18H,11-16H2,1-2H3,(H,27,30). The lowest BCUT2D eigenvalue weighted by molar-refractivity contribution is -0.126. The van der Waals surface area contributed by atoms with E-state index in [9.17, 15) is 4.79 Å². The van der Waals surface area contributed by atoms with Gasteiger partial charge >= 0.3 is 0 Å². The third-order valence-electron chi connectivity index (χ3n) is 5.97. The number of rotatable bonds is 7. The number of methoxy groups -OCH3 is 1. The molecule has 1 amide bonds. The maximum atomic E-state index is 12.6. The molecule has 1 aliphatic heterocycles. The number of amides is 1. The highest BCUT2D eigenvalue weighted by Gasteiger charge is 2.26. The zero-order chi connectivity index (χ0) is 22.5. The summed E-state index contributed by atoms with van der Waals surface area (Å²) in [5, 5.41) is 3.71. The lowest BCUT2D eigenvalue weighted by atomic mass is 9.95. The highest BCUT2D eigenvalue weighted by Crippen LogP contribution is 2.26. The van der Waals surface area contributed by atoms with Crippen LogP contribution in [0, 0.1) is 12.8 Å². The fraction of sp³-hybridized carbons (Fsp3) is 0.360. The SMILES string of the molecule is COc1ccc(-c2nc(CN3CCC(C(=O)NCc4ccccc4Cl)CC3)c(C)o2)cc1. The first kappa shape index (κ1) is 22.4. The summed E-state index contributed by atoms with van der Waals surface area (Å²) in [5.74, 6) is 2.38. The number of hydrogen-bond donors (Lipinski definition) is 1. The van der Waals surface area contributed by atoms with Crippen molar-refractivity contribution in [1.29, 1.82) is 0 Å². The van der Waals surface area contributed by atoms with Crippen LogP contribution >= 0.6 is 11.6 Å². The number of carbonyl (C=O) groups excluding carboxylic acids is 1. The second-order valence-electron chi connectivity index (χ2n) is 8.11. The number of nitrogens with zero attached hydrogens (tertiary/aromatic N) is 2. The first-order valence-electron chi connectivity index (χ1n) is 10.9. The fourth-order valence-electron chi connectivity index (χ4n) is 3.97. The number of aromatic nitrogens is 1. The first-order chi connectivity index (χ1) is 15.5. The van der Waals surface area contributed by atoms with Gasteiger partial charge in [-0.3, -0.25) is 9.69 Å². The Kier molecular flexibility index (Phi) is 7.12. The predicted octanol–water partition coefficient (Wildman–Crippen LogP) is 4.84. The van der Waals surface area contributed by atoms with Crippen LogP contribution in [0.1, 0.15) is 29.9 Å². The Morgan fingerprint density at radius 3 is 2.59 bits per heavy atom. The molecule has 4 rings (SSSR count). The number of likely N-dealkylation sites (tertiary alicyclic amines) is 1. The molecule has 0 aliphatic carbocycles.